The molecule has 0 aliphatic carbocycles. The fourth-order valence-corrected chi connectivity index (χ4v) is 2.67. The predicted octanol–water partition coefficient (Wildman–Crippen LogP) is 2.45. The first-order valence-electron chi connectivity index (χ1n) is 7.44. The second-order valence-electron chi connectivity index (χ2n) is 4.91. The van der Waals surface area contributed by atoms with Crippen molar-refractivity contribution in [3.8, 4) is 17.3 Å². The zero-order valence-corrected chi connectivity index (χ0v) is 13.9. The van der Waals surface area contributed by atoms with Gasteiger partial charge in [0.15, 0.2) is 0 Å². The molecule has 0 radical (unpaired) electrons. The highest BCUT2D eigenvalue weighted by Gasteiger charge is 2.11. The van der Waals surface area contributed by atoms with Crippen molar-refractivity contribution in [2.45, 2.75) is 19.9 Å². The summed E-state index contributed by atoms with van der Waals surface area (Å²) < 4.78 is 10.4. The molecule has 0 bridgehead atoms. The molecule has 0 spiro atoms. The molecule has 3 heterocycles. The molecule has 0 saturated heterocycles. The Balaban J connectivity index is 1.56. The van der Waals surface area contributed by atoms with Crippen LogP contribution in [0.25, 0.3) is 11.4 Å². The van der Waals surface area contributed by atoms with Gasteiger partial charge in [-0.05, 0) is 35.4 Å². The Labute approximate surface area is 142 Å². The lowest BCUT2D eigenvalue weighted by atomic mass is 10.2. The van der Waals surface area contributed by atoms with Crippen LogP contribution < -0.4 is 10.1 Å². The van der Waals surface area contributed by atoms with Gasteiger partial charge in [0.25, 0.3) is 0 Å². The Morgan fingerprint density at radius 3 is 3.00 bits per heavy atom. The average molecular weight is 344 g/mol. The lowest BCUT2D eigenvalue weighted by Crippen LogP contribution is -2.24. The fraction of sp³-hybridized carbons (Fsp3) is 0.250. The van der Waals surface area contributed by atoms with E-state index in [1.807, 2.05) is 29.8 Å². The van der Waals surface area contributed by atoms with Gasteiger partial charge in [-0.1, -0.05) is 5.16 Å². The minimum atomic E-state index is -0.0871. The molecule has 0 fully saturated rings. The number of aromatic nitrogens is 3. The van der Waals surface area contributed by atoms with E-state index in [1.165, 1.54) is 0 Å². The molecule has 1 amide bonds. The van der Waals surface area contributed by atoms with E-state index >= 15 is 0 Å². The standard InChI is InChI=1S/C16H16N4O3S/c1-2-22-14-4-3-12(8-18-14)16-19-15(23-20-16)9-17-13(21)7-11-5-6-24-10-11/h3-6,8,10H,2,7,9H2,1H3,(H,17,21). The van der Waals surface area contributed by atoms with Gasteiger partial charge in [0, 0.05) is 17.8 Å². The number of nitrogens with zero attached hydrogens (tertiary/aromatic N) is 3. The zero-order chi connectivity index (χ0) is 16.8. The molecule has 0 aliphatic heterocycles. The van der Waals surface area contributed by atoms with Crippen LogP contribution in [0.5, 0.6) is 5.88 Å². The molecule has 8 heteroatoms. The zero-order valence-electron chi connectivity index (χ0n) is 13.1. The quantitative estimate of drug-likeness (QED) is 0.708. The van der Waals surface area contributed by atoms with E-state index in [0.717, 1.165) is 11.1 Å². The van der Waals surface area contributed by atoms with Crippen molar-refractivity contribution in [1.82, 2.24) is 20.4 Å². The number of pyridine rings is 1. The maximum Gasteiger partial charge on any atom is 0.246 e. The molecule has 1 N–H and O–H groups in total. The van der Waals surface area contributed by atoms with Gasteiger partial charge in [0.05, 0.1) is 19.6 Å². The number of hydrogen-bond acceptors (Lipinski definition) is 7. The Bertz CT molecular complexity index is 784. The third-order valence-corrected chi connectivity index (χ3v) is 3.87. The lowest BCUT2D eigenvalue weighted by Gasteiger charge is -2.01. The first kappa shape index (κ1) is 16.1. The Hall–Kier alpha value is -2.74. The van der Waals surface area contributed by atoms with Gasteiger partial charge in [-0.2, -0.15) is 16.3 Å². The highest BCUT2D eigenvalue weighted by Crippen LogP contribution is 2.17. The number of hydrogen-bond donors (Lipinski definition) is 1. The lowest BCUT2D eigenvalue weighted by molar-refractivity contribution is -0.120. The molecule has 0 atom stereocenters. The van der Waals surface area contributed by atoms with Crippen LogP contribution in [0.2, 0.25) is 0 Å². The molecular weight excluding hydrogens is 328 g/mol. The van der Waals surface area contributed by atoms with Gasteiger partial charge in [0.1, 0.15) is 0 Å². The van der Waals surface area contributed by atoms with E-state index in [0.29, 0.717) is 30.6 Å². The van der Waals surface area contributed by atoms with Crippen molar-refractivity contribution in [2.24, 2.45) is 0 Å². The summed E-state index contributed by atoms with van der Waals surface area (Å²) in [5.41, 5.74) is 1.71. The van der Waals surface area contributed by atoms with Gasteiger partial charge in [0.2, 0.25) is 23.5 Å². The van der Waals surface area contributed by atoms with E-state index in [2.05, 4.69) is 20.4 Å². The smallest absolute Gasteiger partial charge is 0.246 e. The molecule has 0 saturated carbocycles. The second-order valence-corrected chi connectivity index (χ2v) is 5.69. The summed E-state index contributed by atoms with van der Waals surface area (Å²) in [5.74, 6) is 1.23. The largest absolute Gasteiger partial charge is 0.478 e. The van der Waals surface area contributed by atoms with E-state index in [4.69, 9.17) is 9.26 Å². The van der Waals surface area contributed by atoms with Crippen LogP contribution in [0.15, 0.2) is 39.7 Å². The van der Waals surface area contributed by atoms with E-state index in [-0.39, 0.29) is 12.5 Å². The first-order chi connectivity index (χ1) is 11.7. The number of rotatable bonds is 7. The number of amides is 1. The van der Waals surface area contributed by atoms with Crippen LogP contribution in [0.3, 0.4) is 0 Å². The number of nitrogens with one attached hydrogen (secondary N) is 1. The molecular formula is C16H16N4O3S. The maximum absolute atomic E-state index is 11.8. The molecule has 0 unspecified atom stereocenters. The predicted molar refractivity (Wildman–Crippen MR) is 88.6 cm³/mol. The summed E-state index contributed by atoms with van der Waals surface area (Å²) >= 11 is 1.57. The minimum Gasteiger partial charge on any atom is -0.478 e. The van der Waals surface area contributed by atoms with Crippen molar-refractivity contribution in [3.05, 3.63) is 46.6 Å². The van der Waals surface area contributed by atoms with Crippen LogP contribution in [0.4, 0.5) is 0 Å². The molecule has 124 valence electrons. The molecule has 3 rings (SSSR count). The summed E-state index contributed by atoms with van der Waals surface area (Å²) in [4.78, 5) is 20.3. The van der Waals surface area contributed by atoms with Crippen LogP contribution in [-0.2, 0) is 17.8 Å². The summed E-state index contributed by atoms with van der Waals surface area (Å²) in [6.07, 6.45) is 1.96. The van der Waals surface area contributed by atoms with Crippen LogP contribution >= 0.6 is 11.3 Å². The van der Waals surface area contributed by atoms with Gasteiger partial charge in [-0.25, -0.2) is 4.98 Å². The number of carbonyl (C=O) groups excluding carboxylic acids is 1. The third-order valence-electron chi connectivity index (χ3n) is 3.14. The molecule has 0 aromatic carbocycles. The highest BCUT2D eigenvalue weighted by molar-refractivity contribution is 7.07. The monoisotopic (exact) mass is 344 g/mol. The van der Waals surface area contributed by atoms with Crippen LogP contribution in [0.1, 0.15) is 18.4 Å². The molecule has 3 aromatic rings. The third kappa shape index (κ3) is 4.17. The van der Waals surface area contributed by atoms with Gasteiger partial charge < -0.3 is 14.6 Å². The minimum absolute atomic E-state index is 0.0871. The second kappa shape index (κ2) is 7.69. The van der Waals surface area contributed by atoms with E-state index < -0.39 is 0 Å². The highest BCUT2D eigenvalue weighted by atomic mass is 32.1. The van der Waals surface area contributed by atoms with Crippen molar-refractivity contribution in [2.75, 3.05) is 6.61 Å². The maximum atomic E-state index is 11.8. The number of ether oxygens (including phenoxy) is 1. The summed E-state index contributed by atoms with van der Waals surface area (Å²) in [5, 5.41) is 10.6. The molecule has 0 aliphatic rings. The van der Waals surface area contributed by atoms with Crippen LogP contribution in [-0.4, -0.2) is 27.6 Å². The average Bonchev–Trinajstić information content (AvgIpc) is 3.26. The van der Waals surface area contributed by atoms with E-state index in [9.17, 15) is 4.79 Å². The Morgan fingerprint density at radius 2 is 2.29 bits per heavy atom. The van der Waals surface area contributed by atoms with Gasteiger partial charge >= 0.3 is 0 Å². The normalized spacial score (nSPS) is 10.5. The summed E-state index contributed by atoms with van der Waals surface area (Å²) in [6.45, 7) is 2.65. The van der Waals surface area contributed by atoms with Gasteiger partial charge in [-0.15, -0.1) is 0 Å². The Morgan fingerprint density at radius 1 is 1.38 bits per heavy atom. The molecule has 3 aromatic heterocycles. The summed E-state index contributed by atoms with van der Waals surface area (Å²) in [7, 11) is 0. The number of thiophene rings is 1. The first-order valence-corrected chi connectivity index (χ1v) is 8.38. The topological polar surface area (TPSA) is 90.1 Å². The van der Waals surface area contributed by atoms with Crippen molar-refractivity contribution in [1.29, 1.82) is 0 Å². The van der Waals surface area contributed by atoms with Gasteiger partial charge in [-0.3, -0.25) is 4.79 Å². The Kier molecular flexibility index (Phi) is 5.17. The van der Waals surface area contributed by atoms with Crippen LogP contribution in [0, 0.1) is 0 Å². The molecule has 7 nitrogen and oxygen atoms in total. The fourth-order valence-electron chi connectivity index (χ4n) is 2.01. The molecule has 24 heavy (non-hydrogen) atoms. The van der Waals surface area contributed by atoms with Crippen molar-refractivity contribution in [3.63, 3.8) is 0 Å². The number of carbonyl (C=O) groups is 1. The van der Waals surface area contributed by atoms with Crippen molar-refractivity contribution < 1.29 is 14.1 Å². The van der Waals surface area contributed by atoms with Crippen molar-refractivity contribution >= 4 is 17.2 Å². The SMILES string of the molecule is CCOc1ccc(-c2noc(CNC(=O)Cc3ccsc3)n2)cn1. The van der Waals surface area contributed by atoms with E-state index in [1.54, 1.807) is 23.6 Å². The summed E-state index contributed by atoms with van der Waals surface area (Å²) in [6, 6.07) is 5.48.